The maximum absolute atomic E-state index is 3.93. The molecule has 70 valence electrons. The number of rotatable bonds is 2. The molecule has 0 aromatic rings. The molecular weight excluding hydrogens is 144 g/mol. The quantitative estimate of drug-likeness (QED) is 0.543. The second-order valence-corrected chi connectivity index (χ2v) is 4.94. The first-order valence-corrected chi connectivity index (χ1v) is 5.21. The van der Waals surface area contributed by atoms with E-state index in [1.54, 1.807) is 0 Å². The molecule has 0 radical (unpaired) electrons. The molecule has 1 fully saturated rings. The molecule has 0 spiro atoms. The molecule has 1 aliphatic rings. The molecule has 0 bridgehead atoms. The van der Waals surface area contributed by atoms with Crippen LogP contribution in [-0.4, -0.2) is 0 Å². The van der Waals surface area contributed by atoms with Gasteiger partial charge in [0.1, 0.15) is 0 Å². The first-order valence-electron chi connectivity index (χ1n) is 5.21. The molecule has 0 atom stereocenters. The van der Waals surface area contributed by atoms with Crippen LogP contribution in [-0.2, 0) is 0 Å². The third kappa shape index (κ3) is 2.12. The fraction of sp³-hybridized carbons (Fsp3) is 0.833. The van der Waals surface area contributed by atoms with Gasteiger partial charge < -0.3 is 0 Å². The van der Waals surface area contributed by atoms with Crippen molar-refractivity contribution < 1.29 is 0 Å². The molecule has 0 aromatic heterocycles. The average molecular weight is 166 g/mol. The predicted molar refractivity (Wildman–Crippen MR) is 55.1 cm³/mol. The van der Waals surface area contributed by atoms with Crippen LogP contribution in [0.1, 0.15) is 46.5 Å². The topological polar surface area (TPSA) is 0 Å². The van der Waals surface area contributed by atoms with Crippen molar-refractivity contribution in [3.8, 4) is 0 Å². The Morgan fingerprint density at radius 2 is 1.83 bits per heavy atom. The van der Waals surface area contributed by atoms with Crippen molar-refractivity contribution in [1.29, 1.82) is 0 Å². The molecule has 0 saturated heterocycles. The van der Waals surface area contributed by atoms with Crippen LogP contribution in [0.5, 0.6) is 0 Å². The summed E-state index contributed by atoms with van der Waals surface area (Å²) in [5.41, 5.74) is 0.450. The minimum Gasteiger partial charge on any atom is -0.103 e. The minimum absolute atomic E-state index is 0.450. The van der Waals surface area contributed by atoms with Crippen LogP contribution >= 0.6 is 0 Å². The molecule has 0 N–H and O–H groups in total. The highest BCUT2D eigenvalue weighted by Gasteiger charge is 2.29. The Morgan fingerprint density at radius 1 is 1.33 bits per heavy atom. The Morgan fingerprint density at radius 3 is 2.17 bits per heavy atom. The van der Waals surface area contributed by atoms with E-state index in [2.05, 4.69) is 33.4 Å². The predicted octanol–water partition coefficient (Wildman–Crippen LogP) is 4.02. The maximum Gasteiger partial charge on any atom is -0.0149 e. The fourth-order valence-corrected chi connectivity index (χ4v) is 2.17. The summed E-state index contributed by atoms with van der Waals surface area (Å²) in [6.07, 6.45) is 7.66. The molecule has 12 heavy (non-hydrogen) atoms. The van der Waals surface area contributed by atoms with Gasteiger partial charge in [0.2, 0.25) is 0 Å². The standard InChI is InChI=1S/C12H22/c1-5-12(4)8-6-11(7-9-12)10(2)3/h5,10-11H,1,6-9H2,2-4H3. The van der Waals surface area contributed by atoms with Gasteiger partial charge in [0, 0.05) is 0 Å². The zero-order valence-electron chi connectivity index (χ0n) is 8.77. The Balaban J connectivity index is 2.44. The second-order valence-electron chi connectivity index (χ2n) is 4.94. The zero-order valence-corrected chi connectivity index (χ0v) is 8.77. The van der Waals surface area contributed by atoms with Crippen LogP contribution in [0.3, 0.4) is 0 Å². The van der Waals surface area contributed by atoms with Gasteiger partial charge in [-0.1, -0.05) is 26.8 Å². The number of hydrogen-bond acceptors (Lipinski definition) is 0. The van der Waals surface area contributed by atoms with Gasteiger partial charge in [-0.25, -0.2) is 0 Å². The average Bonchev–Trinajstić information content (AvgIpc) is 2.05. The minimum atomic E-state index is 0.450. The van der Waals surface area contributed by atoms with Crippen molar-refractivity contribution >= 4 is 0 Å². The molecule has 1 aliphatic carbocycles. The van der Waals surface area contributed by atoms with Crippen LogP contribution in [0.25, 0.3) is 0 Å². The molecule has 0 aromatic carbocycles. The summed E-state index contributed by atoms with van der Waals surface area (Å²) in [7, 11) is 0. The van der Waals surface area contributed by atoms with Gasteiger partial charge in [0.15, 0.2) is 0 Å². The van der Waals surface area contributed by atoms with E-state index < -0.39 is 0 Å². The highest BCUT2D eigenvalue weighted by atomic mass is 14.3. The van der Waals surface area contributed by atoms with Gasteiger partial charge in [-0.05, 0) is 42.9 Å². The van der Waals surface area contributed by atoms with Crippen LogP contribution in [0.15, 0.2) is 12.7 Å². The second kappa shape index (κ2) is 3.64. The summed E-state index contributed by atoms with van der Waals surface area (Å²) in [5.74, 6) is 1.84. The summed E-state index contributed by atoms with van der Waals surface area (Å²) in [6, 6.07) is 0. The van der Waals surface area contributed by atoms with Gasteiger partial charge in [0.05, 0.1) is 0 Å². The number of allylic oxidation sites excluding steroid dienone is 1. The summed E-state index contributed by atoms with van der Waals surface area (Å²) in [4.78, 5) is 0. The van der Waals surface area contributed by atoms with Crippen molar-refractivity contribution in [1.82, 2.24) is 0 Å². The van der Waals surface area contributed by atoms with E-state index in [1.165, 1.54) is 25.7 Å². The van der Waals surface area contributed by atoms with Crippen LogP contribution < -0.4 is 0 Å². The third-order valence-corrected chi connectivity index (χ3v) is 3.61. The highest BCUT2D eigenvalue weighted by Crippen LogP contribution is 2.41. The van der Waals surface area contributed by atoms with Gasteiger partial charge in [-0.15, -0.1) is 6.58 Å². The smallest absolute Gasteiger partial charge is 0.0149 e. The van der Waals surface area contributed by atoms with Crippen LogP contribution in [0, 0.1) is 17.3 Å². The maximum atomic E-state index is 3.93. The number of hydrogen-bond donors (Lipinski definition) is 0. The van der Waals surface area contributed by atoms with E-state index in [-0.39, 0.29) is 0 Å². The van der Waals surface area contributed by atoms with Crippen LogP contribution in [0.4, 0.5) is 0 Å². The molecular formula is C12H22. The van der Waals surface area contributed by atoms with Gasteiger partial charge in [-0.2, -0.15) is 0 Å². The lowest BCUT2D eigenvalue weighted by Crippen LogP contribution is -2.24. The lowest BCUT2D eigenvalue weighted by Gasteiger charge is -2.36. The van der Waals surface area contributed by atoms with E-state index in [0.29, 0.717) is 5.41 Å². The zero-order chi connectivity index (χ0) is 9.19. The van der Waals surface area contributed by atoms with E-state index in [4.69, 9.17) is 0 Å². The Labute approximate surface area is 77.1 Å². The summed E-state index contributed by atoms with van der Waals surface area (Å²) < 4.78 is 0. The van der Waals surface area contributed by atoms with Crippen molar-refractivity contribution in [3.05, 3.63) is 12.7 Å². The third-order valence-electron chi connectivity index (χ3n) is 3.61. The Bertz CT molecular complexity index is 147. The van der Waals surface area contributed by atoms with Crippen molar-refractivity contribution in [2.24, 2.45) is 17.3 Å². The monoisotopic (exact) mass is 166 g/mol. The summed E-state index contributed by atoms with van der Waals surface area (Å²) in [5, 5.41) is 0. The fourth-order valence-electron chi connectivity index (χ4n) is 2.17. The first kappa shape index (κ1) is 9.83. The summed E-state index contributed by atoms with van der Waals surface area (Å²) in [6.45, 7) is 11.0. The van der Waals surface area contributed by atoms with Crippen molar-refractivity contribution in [2.45, 2.75) is 46.5 Å². The Hall–Kier alpha value is -0.260. The lowest BCUT2D eigenvalue weighted by atomic mass is 9.69. The van der Waals surface area contributed by atoms with E-state index in [0.717, 1.165) is 11.8 Å². The van der Waals surface area contributed by atoms with Gasteiger partial charge in [-0.3, -0.25) is 0 Å². The molecule has 0 heterocycles. The molecule has 1 rings (SSSR count). The van der Waals surface area contributed by atoms with Crippen molar-refractivity contribution in [2.75, 3.05) is 0 Å². The molecule has 0 nitrogen and oxygen atoms in total. The SMILES string of the molecule is C=CC1(C)CCC(C(C)C)CC1. The van der Waals surface area contributed by atoms with E-state index >= 15 is 0 Å². The lowest BCUT2D eigenvalue weighted by molar-refractivity contribution is 0.185. The normalized spacial score (nSPS) is 36.8. The largest absolute Gasteiger partial charge is 0.103 e. The molecule has 0 aliphatic heterocycles. The Kier molecular flexibility index (Phi) is 2.98. The summed E-state index contributed by atoms with van der Waals surface area (Å²) >= 11 is 0. The molecule has 0 amide bonds. The first-order chi connectivity index (χ1) is 5.57. The van der Waals surface area contributed by atoms with E-state index in [1.807, 2.05) is 0 Å². The highest BCUT2D eigenvalue weighted by molar-refractivity contribution is 4.94. The van der Waals surface area contributed by atoms with Crippen LogP contribution in [0.2, 0.25) is 0 Å². The molecule has 1 saturated carbocycles. The van der Waals surface area contributed by atoms with Crippen molar-refractivity contribution in [3.63, 3.8) is 0 Å². The molecule has 0 heteroatoms. The molecule has 0 unspecified atom stereocenters. The van der Waals surface area contributed by atoms with E-state index in [9.17, 15) is 0 Å². The van der Waals surface area contributed by atoms with Gasteiger partial charge in [0.25, 0.3) is 0 Å². The van der Waals surface area contributed by atoms with Gasteiger partial charge >= 0.3 is 0 Å².